The molecule has 2 unspecified atom stereocenters. The minimum absolute atomic E-state index is 0.106. The van der Waals surface area contributed by atoms with Crippen molar-refractivity contribution >= 4 is 27.7 Å². The Balaban J connectivity index is 2.17. The molecule has 2 rings (SSSR count). The second-order valence-electron chi connectivity index (χ2n) is 5.05. The lowest BCUT2D eigenvalue weighted by molar-refractivity contribution is 0.418. The number of nitrogens with one attached hydrogen (secondary N) is 1. The summed E-state index contributed by atoms with van der Waals surface area (Å²) in [5, 5.41) is 3.38. The minimum Gasteiger partial charge on any atom is -0.315 e. The highest BCUT2D eigenvalue weighted by molar-refractivity contribution is 9.10. The van der Waals surface area contributed by atoms with E-state index >= 15 is 0 Å². The normalized spacial score (nSPS) is 25.3. The summed E-state index contributed by atoms with van der Waals surface area (Å²) in [6, 6.07) is 5.49. The molecule has 1 saturated heterocycles. The molecule has 1 aliphatic rings. The summed E-state index contributed by atoms with van der Waals surface area (Å²) in [5.41, 5.74) is 0.789. The summed E-state index contributed by atoms with van der Waals surface area (Å²) in [5.74, 6) is 1.11. The van der Waals surface area contributed by atoms with Gasteiger partial charge in [-0.15, -0.1) is 0 Å². The first kappa shape index (κ1) is 14.4. The Bertz CT molecular complexity index is 418. The van der Waals surface area contributed by atoms with E-state index in [-0.39, 0.29) is 10.6 Å². The maximum atomic E-state index is 13.8. The van der Waals surface area contributed by atoms with Gasteiger partial charge < -0.3 is 5.32 Å². The van der Waals surface area contributed by atoms with E-state index in [0.717, 1.165) is 16.5 Å². The number of halogens is 2. The Kier molecular flexibility index (Phi) is 4.73. The molecule has 1 aromatic rings. The average molecular weight is 332 g/mol. The zero-order chi connectivity index (χ0) is 13.2. The van der Waals surface area contributed by atoms with Gasteiger partial charge in [0.1, 0.15) is 5.82 Å². The van der Waals surface area contributed by atoms with Crippen molar-refractivity contribution in [2.24, 2.45) is 0 Å². The Morgan fingerprint density at radius 2 is 2.33 bits per heavy atom. The van der Waals surface area contributed by atoms with Crippen LogP contribution in [-0.2, 0) is 6.42 Å². The lowest BCUT2D eigenvalue weighted by Crippen LogP contribution is -2.45. The van der Waals surface area contributed by atoms with E-state index in [9.17, 15) is 4.39 Å². The van der Waals surface area contributed by atoms with Crippen molar-refractivity contribution in [3.63, 3.8) is 0 Å². The lowest BCUT2D eigenvalue weighted by atomic mass is 9.91. The van der Waals surface area contributed by atoms with E-state index in [0.29, 0.717) is 6.04 Å². The molecule has 1 fully saturated rings. The molecular weight excluding hydrogens is 313 g/mol. The van der Waals surface area contributed by atoms with Crippen molar-refractivity contribution in [2.75, 3.05) is 12.8 Å². The number of thioether (sulfide) groups is 1. The molecule has 1 aromatic carbocycles. The summed E-state index contributed by atoms with van der Waals surface area (Å²) in [6.45, 7) is 2.29. The highest BCUT2D eigenvalue weighted by atomic mass is 79.9. The molecule has 0 saturated carbocycles. The molecule has 0 aliphatic carbocycles. The van der Waals surface area contributed by atoms with Gasteiger partial charge in [0.25, 0.3) is 0 Å². The first-order chi connectivity index (χ1) is 8.55. The van der Waals surface area contributed by atoms with Crippen LogP contribution in [0.5, 0.6) is 0 Å². The van der Waals surface area contributed by atoms with Gasteiger partial charge in [-0.25, -0.2) is 4.39 Å². The van der Waals surface area contributed by atoms with Gasteiger partial charge >= 0.3 is 0 Å². The zero-order valence-electron chi connectivity index (χ0n) is 10.8. The summed E-state index contributed by atoms with van der Waals surface area (Å²) in [6.07, 6.45) is 3.21. The van der Waals surface area contributed by atoms with Crippen LogP contribution in [0.15, 0.2) is 22.7 Å². The highest BCUT2D eigenvalue weighted by Gasteiger charge is 2.37. The SMILES string of the molecule is CNC(Cc1cc(Br)ccc1F)C1(C)CCCS1. The third-order valence-corrected chi connectivity index (χ3v) is 5.90. The van der Waals surface area contributed by atoms with E-state index in [4.69, 9.17) is 0 Å². The molecule has 4 heteroatoms. The van der Waals surface area contributed by atoms with E-state index < -0.39 is 0 Å². The summed E-state index contributed by atoms with van der Waals surface area (Å²) >= 11 is 5.42. The quantitative estimate of drug-likeness (QED) is 0.894. The van der Waals surface area contributed by atoms with Gasteiger partial charge in [0.05, 0.1) is 0 Å². The smallest absolute Gasteiger partial charge is 0.126 e. The van der Waals surface area contributed by atoms with Crippen molar-refractivity contribution in [1.29, 1.82) is 0 Å². The molecule has 0 bridgehead atoms. The second-order valence-corrected chi connectivity index (χ2v) is 7.59. The van der Waals surface area contributed by atoms with Crippen LogP contribution in [0.3, 0.4) is 0 Å². The summed E-state index contributed by atoms with van der Waals surface area (Å²) in [4.78, 5) is 0. The Morgan fingerprint density at radius 1 is 1.56 bits per heavy atom. The predicted molar refractivity (Wildman–Crippen MR) is 80.7 cm³/mol. The van der Waals surface area contributed by atoms with Gasteiger partial charge in [-0.05, 0) is 62.7 Å². The fraction of sp³-hybridized carbons (Fsp3) is 0.571. The Labute approximate surface area is 121 Å². The zero-order valence-corrected chi connectivity index (χ0v) is 13.2. The first-order valence-electron chi connectivity index (χ1n) is 6.30. The first-order valence-corrected chi connectivity index (χ1v) is 8.08. The molecule has 2 atom stereocenters. The van der Waals surface area contributed by atoms with Crippen LogP contribution in [0.1, 0.15) is 25.3 Å². The third-order valence-electron chi connectivity index (χ3n) is 3.77. The fourth-order valence-corrected chi connectivity index (χ4v) is 4.47. The van der Waals surface area contributed by atoms with Crippen molar-refractivity contribution in [3.05, 3.63) is 34.1 Å². The number of likely N-dealkylation sites (N-methyl/N-ethyl adjacent to an activating group) is 1. The molecule has 1 aliphatic heterocycles. The Morgan fingerprint density at radius 3 is 2.94 bits per heavy atom. The van der Waals surface area contributed by atoms with Crippen molar-refractivity contribution in [3.8, 4) is 0 Å². The van der Waals surface area contributed by atoms with Crippen LogP contribution in [0.2, 0.25) is 0 Å². The molecule has 1 N–H and O–H groups in total. The number of hydrogen-bond acceptors (Lipinski definition) is 2. The maximum Gasteiger partial charge on any atom is 0.126 e. The van der Waals surface area contributed by atoms with Crippen LogP contribution < -0.4 is 5.32 Å². The van der Waals surface area contributed by atoms with Gasteiger partial charge in [0.2, 0.25) is 0 Å². The number of hydrogen-bond donors (Lipinski definition) is 1. The van der Waals surface area contributed by atoms with Gasteiger partial charge in [-0.1, -0.05) is 15.9 Å². The molecule has 18 heavy (non-hydrogen) atoms. The molecule has 100 valence electrons. The monoisotopic (exact) mass is 331 g/mol. The van der Waals surface area contributed by atoms with Gasteiger partial charge in [0.15, 0.2) is 0 Å². The number of benzene rings is 1. The molecule has 1 nitrogen and oxygen atoms in total. The molecule has 0 amide bonds. The Hall–Kier alpha value is -0.0600. The molecule has 0 aromatic heterocycles. The summed E-state index contributed by atoms with van der Waals surface area (Å²) < 4.78 is 15.0. The van der Waals surface area contributed by atoms with Crippen molar-refractivity contribution in [1.82, 2.24) is 5.32 Å². The van der Waals surface area contributed by atoms with E-state index in [1.165, 1.54) is 24.7 Å². The maximum absolute atomic E-state index is 13.8. The third kappa shape index (κ3) is 3.09. The van der Waals surface area contributed by atoms with E-state index in [1.807, 2.05) is 24.9 Å². The topological polar surface area (TPSA) is 12.0 Å². The predicted octanol–water partition coefficient (Wildman–Crippen LogP) is 4.00. The van der Waals surface area contributed by atoms with Gasteiger partial charge in [0, 0.05) is 15.3 Å². The second kappa shape index (κ2) is 5.93. The molecule has 0 radical (unpaired) electrons. The van der Waals surface area contributed by atoms with Crippen LogP contribution in [0, 0.1) is 5.82 Å². The minimum atomic E-state index is -0.106. The standard InChI is InChI=1S/C14H19BrFNS/c1-14(6-3-7-18-14)13(17-2)9-10-8-11(15)4-5-12(10)16/h4-5,8,13,17H,3,6-7,9H2,1-2H3. The van der Waals surface area contributed by atoms with Crippen LogP contribution >= 0.6 is 27.7 Å². The van der Waals surface area contributed by atoms with E-state index in [1.54, 1.807) is 6.07 Å². The molecule has 0 spiro atoms. The van der Waals surface area contributed by atoms with E-state index in [2.05, 4.69) is 28.2 Å². The van der Waals surface area contributed by atoms with Gasteiger partial charge in [-0.3, -0.25) is 0 Å². The van der Waals surface area contributed by atoms with Crippen LogP contribution in [0.4, 0.5) is 4.39 Å². The van der Waals surface area contributed by atoms with Crippen LogP contribution in [-0.4, -0.2) is 23.6 Å². The highest BCUT2D eigenvalue weighted by Crippen LogP contribution is 2.41. The van der Waals surface area contributed by atoms with Crippen molar-refractivity contribution in [2.45, 2.75) is 37.0 Å². The van der Waals surface area contributed by atoms with Crippen molar-refractivity contribution < 1.29 is 4.39 Å². The molecular formula is C14H19BrFNS. The average Bonchev–Trinajstić information content (AvgIpc) is 2.78. The van der Waals surface area contributed by atoms with Gasteiger partial charge in [-0.2, -0.15) is 11.8 Å². The summed E-state index contributed by atoms with van der Waals surface area (Å²) in [7, 11) is 1.98. The number of rotatable bonds is 4. The lowest BCUT2D eigenvalue weighted by Gasteiger charge is -2.33. The molecule has 1 heterocycles. The fourth-order valence-electron chi connectivity index (χ4n) is 2.62. The van der Waals surface area contributed by atoms with Crippen LogP contribution in [0.25, 0.3) is 0 Å². The largest absolute Gasteiger partial charge is 0.315 e.